The van der Waals surface area contributed by atoms with Crippen LogP contribution in [0.1, 0.15) is 64.2 Å². The minimum Gasteiger partial charge on any atom is -0.481 e. The highest BCUT2D eigenvalue weighted by atomic mass is 16.4. The van der Waals surface area contributed by atoms with Crippen molar-refractivity contribution in [1.82, 2.24) is 0 Å². The molecule has 1 aromatic heterocycles. The smallest absolute Gasteiger partial charge is 0.303 e. The van der Waals surface area contributed by atoms with Crippen LogP contribution in [0.4, 0.5) is 5.88 Å². The van der Waals surface area contributed by atoms with Crippen molar-refractivity contribution >= 4 is 18.1 Å². The molecule has 1 fully saturated rings. The number of carbonyl (C=O) groups is 1. The molecule has 2 rings (SSSR count). The van der Waals surface area contributed by atoms with Gasteiger partial charge in [0.25, 0.3) is 0 Å². The van der Waals surface area contributed by atoms with Gasteiger partial charge in [0.2, 0.25) is 5.88 Å². The van der Waals surface area contributed by atoms with E-state index in [0.717, 1.165) is 51.4 Å². The van der Waals surface area contributed by atoms with Gasteiger partial charge in [-0.15, -0.1) is 0 Å². The summed E-state index contributed by atoms with van der Waals surface area (Å²) in [4.78, 5) is 14.6. The van der Waals surface area contributed by atoms with Gasteiger partial charge in [0.05, 0.1) is 18.5 Å². The monoisotopic (exact) mass is 365 g/mol. The predicted octanol–water partition coefficient (Wildman–Crippen LogP) is 3.94. The van der Waals surface area contributed by atoms with Gasteiger partial charge < -0.3 is 19.7 Å². The SMILES string of the molecule is O=C(O)CCCCCCC1CC[C@@H](O)C1CCC(O)/C=N/c1ccco1. The normalized spacial score (nSPS) is 24.3. The summed E-state index contributed by atoms with van der Waals surface area (Å²) >= 11 is 0. The van der Waals surface area contributed by atoms with E-state index in [4.69, 9.17) is 9.52 Å². The zero-order chi connectivity index (χ0) is 18.8. The maximum atomic E-state index is 10.5. The van der Waals surface area contributed by atoms with Gasteiger partial charge in [-0.2, -0.15) is 0 Å². The summed E-state index contributed by atoms with van der Waals surface area (Å²) in [6, 6.07) is 3.48. The number of aliphatic imine (C=N–C) groups is 1. The molecule has 146 valence electrons. The Hall–Kier alpha value is -1.66. The molecule has 0 saturated heterocycles. The summed E-state index contributed by atoms with van der Waals surface area (Å²) in [5.74, 6) is 0.489. The van der Waals surface area contributed by atoms with Crippen LogP contribution in [0, 0.1) is 11.8 Å². The van der Waals surface area contributed by atoms with Crippen LogP contribution in [-0.2, 0) is 4.79 Å². The minimum atomic E-state index is -0.724. The third-order valence-corrected chi connectivity index (χ3v) is 5.32. The average molecular weight is 365 g/mol. The largest absolute Gasteiger partial charge is 0.481 e. The molecule has 0 spiro atoms. The fraction of sp³-hybridized carbons (Fsp3) is 0.700. The summed E-state index contributed by atoms with van der Waals surface area (Å²) in [7, 11) is 0. The van der Waals surface area contributed by atoms with Crippen LogP contribution in [0.25, 0.3) is 0 Å². The molecule has 0 radical (unpaired) electrons. The second-order valence-corrected chi connectivity index (χ2v) is 7.29. The van der Waals surface area contributed by atoms with Crippen molar-refractivity contribution in [3.63, 3.8) is 0 Å². The molecule has 6 nitrogen and oxygen atoms in total. The van der Waals surface area contributed by atoms with Gasteiger partial charge in [0.1, 0.15) is 0 Å². The maximum absolute atomic E-state index is 10.5. The second kappa shape index (κ2) is 11.1. The van der Waals surface area contributed by atoms with Crippen LogP contribution in [0.15, 0.2) is 27.8 Å². The van der Waals surface area contributed by atoms with Gasteiger partial charge in [0.15, 0.2) is 0 Å². The fourth-order valence-corrected chi connectivity index (χ4v) is 3.89. The van der Waals surface area contributed by atoms with Crippen LogP contribution in [-0.4, -0.2) is 39.7 Å². The molecule has 1 heterocycles. The molecule has 1 aromatic rings. The zero-order valence-electron chi connectivity index (χ0n) is 15.3. The van der Waals surface area contributed by atoms with E-state index < -0.39 is 12.1 Å². The molecule has 6 heteroatoms. The first kappa shape index (κ1) is 20.6. The molecule has 0 aliphatic heterocycles. The van der Waals surface area contributed by atoms with Crippen LogP contribution in [0.3, 0.4) is 0 Å². The van der Waals surface area contributed by atoms with E-state index in [1.54, 1.807) is 18.4 Å². The van der Waals surface area contributed by atoms with Crippen LogP contribution in [0.5, 0.6) is 0 Å². The molecule has 1 aliphatic carbocycles. The first-order valence-corrected chi connectivity index (χ1v) is 9.72. The van der Waals surface area contributed by atoms with Crippen LogP contribution in [0.2, 0.25) is 0 Å². The lowest BCUT2D eigenvalue weighted by molar-refractivity contribution is -0.137. The standard InChI is InChI=1S/C20H31NO5/c22-16(14-21-19-7-5-13-26-19)10-11-17-15(9-12-18(17)23)6-3-1-2-4-8-20(24)25/h5,7,13-18,22-23H,1-4,6,8-12H2,(H,24,25)/b21-14+/t15?,16?,17?,18-/m1/s1. The second-order valence-electron chi connectivity index (χ2n) is 7.29. The minimum absolute atomic E-state index is 0.237. The van der Waals surface area contributed by atoms with Crippen molar-refractivity contribution in [3.8, 4) is 0 Å². The highest BCUT2D eigenvalue weighted by Gasteiger charge is 2.34. The third-order valence-electron chi connectivity index (χ3n) is 5.32. The molecule has 3 N–H and O–H groups in total. The first-order chi connectivity index (χ1) is 12.6. The van der Waals surface area contributed by atoms with Crippen LogP contribution < -0.4 is 0 Å². The summed E-state index contributed by atoms with van der Waals surface area (Å²) < 4.78 is 5.10. The van der Waals surface area contributed by atoms with Gasteiger partial charge in [-0.25, -0.2) is 4.99 Å². The highest BCUT2D eigenvalue weighted by Crippen LogP contribution is 2.38. The van der Waals surface area contributed by atoms with Gasteiger partial charge in [-0.05, 0) is 50.0 Å². The number of hydrogen-bond acceptors (Lipinski definition) is 5. The lowest BCUT2D eigenvalue weighted by Gasteiger charge is -2.22. The Morgan fingerprint density at radius 1 is 1.27 bits per heavy atom. The highest BCUT2D eigenvalue weighted by molar-refractivity contribution is 5.66. The Bertz CT molecular complexity index is 542. The number of rotatable bonds is 12. The maximum Gasteiger partial charge on any atom is 0.303 e. The third kappa shape index (κ3) is 7.30. The quantitative estimate of drug-likeness (QED) is 0.384. The summed E-state index contributed by atoms with van der Waals surface area (Å²) in [5.41, 5.74) is 0. The fourth-order valence-electron chi connectivity index (χ4n) is 3.89. The molecule has 3 unspecified atom stereocenters. The zero-order valence-corrected chi connectivity index (χ0v) is 15.3. The van der Waals surface area contributed by atoms with E-state index in [2.05, 4.69) is 4.99 Å². The number of carboxylic acid groups (broad SMARTS) is 1. The van der Waals surface area contributed by atoms with Gasteiger partial charge >= 0.3 is 5.97 Å². The number of aliphatic carboxylic acids is 1. The lowest BCUT2D eigenvalue weighted by atomic mass is 9.86. The van der Waals surface area contributed by atoms with Crippen molar-refractivity contribution in [2.24, 2.45) is 16.8 Å². The molecule has 4 atom stereocenters. The van der Waals surface area contributed by atoms with Gasteiger partial charge in [-0.3, -0.25) is 4.79 Å². The Morgan fingerprint density at radius 2 is 2.08 bits per heavy atom. The molecule has 1 saturated carbocycles. The Labute approximate surface area is 154 Å². The molecule has 0 bridgehead atoms. The van der Waals surface area contributed by atoms with E-state index in [-0.39, 0.29) is 18.4 Å². The lowest BCUT2D eigenvalue weighted by Crippen LogP contribution is -2.21. The topological polar surface area (TPSA) is 103 Å². The van der Waals surface area contributed by atoms with Crippen molar-refractivity contribution in [2.45, 2.75) is 76.4 Å². The van der Waals surface area contributed by atoms with E-state index >= 15 is 0 Å². The molecule has 1 aliphatic rings. The predicted molar refractivity (Wildman–Crippen MR) is 99.7 cm³/mol. The summed E-state index contributed by atoms with van der Waals surface area (Å²) in [5, 5.41) is 29.0. The Balaban J connectivity index is 1.66. The van der Waals surface area contributed by atoms with Gasteiger partial charge in [-0.1, -0.05) is 25.7 Å². The number of aliphatic hydroxyl groups excluding tert-OH is 2. The Kier molecular flexibility index (Phi) is 8.85. The molecular weight excluding hydrogens is 334 g/mol. The number of furan rings is 1. The molecule has 0 aromatic carbocycles. The van der Waals surface area contributed by atoms with Crippen LogP contribution >= 0.6 is 0 Å². The van der Waals surface area contributed by atoms with Crippen molar-refractivity contribution in [3.05, 3.63) is 18.4 Å². The van der Waals surface area contributed by atoms with E-state index in [9.17, 15) is 15.0 Å². The van der Waals surface area contributed by atoms with E-state index in [1.807, 2.05) is 0 Å². The van der Waals surface area contributed by atoms with E-state index in [1.165, 1.54) is 6.21 Å². The molecular formula is C20H31NO5. The average Bonchev–Trinajstić information content (AvgIpc) is 3.24. The molecule has 26 heavy (non-hydrogen) atoms. The number of aliphatic hydroxyl groups is 2. The van der Waals surface area contributed by atoms with E-state index in [0.29, 0.717) is 18.2 Å². The van der Waals surface area contributed by atoms with Crippen molar-refractivity contribution < 1.29 is 24.5 Å². The molecule has 0 amide bonds. The van der Waals surface area contributed by atoms with Gasteiger partial charge in [0, 0.05) is 18.7 Å². The first-order valence-electron chi connectivity index (χ1n) is 9.72. The summed E-state index contributed by atoms with van der Waals surface area (Å²) in [6.07, 6.45) is 10.5. The number of nitrogens with zero attached hydrogens (tertiary/aromatic N) is 1. The number of unbranched alkanes of at least 4 members (excludes halogenated alkanes) is 3. The number of carboxylic acids is 1. The summed E-state index contributed by atoms with van der Waals surface area (Å²) in [6.45, 7) is 0. The van der Waals surface area contributed by atoms with Crippen molar-refractivity contribution in [2.75, 3.05) is 0 Å². The van der Waals surface area contributed by atoms with Crippen molar-refractivity contribution in [1.29, 1.82) is 0 Å². The Morgan fingerprint density at radius 3 is 2.81 bits per heavy atom. The number of hydrogen-bond donors (Lipinski definition) is 3.